The molecule has 0 amide bonds. The number of carboxylic acid groups (broad SMARTS) is 1. The topological polar surface area (TPSA) is 70.8 Å². The molecule has 6 heteroatoms. The van der Waals surface area contributed by atoms with Crippen molar-refractivity contribution in [2.24, 2.45) is 5.92 Å². The molecule has 2 heterocycles. The van der Waals surface area contributed by atoms with E-state index >= 15 is 0 Å². The van der Waals surface area contributed by atoms with Gasteiger partial charge in [0, 0.05) is 35.1 Å². The molecule has 1 N–H and O–H groups in total. The van der Waals surface area contributed by atoms with Gasteiger partial charge < -0.3 is 14.4 Å². The minimum Gasteiger partial charge on any atom is -0.481 e. The van der Waals surface area contributed by atoms with Crippen molar-refractivity contribution in [2.45, 2.75) is 12.8 Å². The van der Waals surface area contributed by atoms with Gasteiger partial charge in [-0.3, -0.25) is 4.79 Å². The first kappa shape index (κ1) is 18.3. The van der Waals surface area contributed by atoms with Crippen LogP contribution in [0.4, 0.5) is 5.69 Å². The molecule has 26 heavy (non-hydrogen) atoms. The first-order valence-corrected chi connectivity index (χ1v) is 9.68. The van der Waals surface area contributed by atoms with Gasteiger partial charge in [-0.25, -0.2) is 4.79 Å². The summed E-state index contributed by atoms with van der Waals surface area (Å²) in [6, 6.07) is 7.63. The van der Waals surface area contributed by atoms with E-state index < -0.39 is 5.97 Å². The molecule has 136 valence electrons. The fourth-order valence-corrected chi connectivity index (χ4v) is 3.82. The maximum atomic E-state index is 12.4. The monoisotopic (exact) mass is 371 g/mol. The summed E-state index contributed by atoms with van der Waals surface area (Å²) in [7, 11) is 0. The molecule has 0 unspecified atom stereocenters. The largest absolute Gasteiger partial charge is 0.481 e. The number of piperidine rings is 1. The Balaban J connectivity index is 1.91. The Morgan fingerprint density at radius 2 is 2.08 bits per heavy atom. The molecule has 1 saturated heterocycles. The zero-order chi connectivity index (χ0) is 18.7. The summed E-state index contributed by atoms with van der Waals surface area (Å²) in [6.07, 6.45) is 6.60. The van der Waals surface area contributed by atoms with Crippen molar-refractivity contribution in [1.29, 1.82) is 0 Å². The fourth-order valence-electron chi connectivity index (χ4n) is 3.23. The van der Waals surface area contributed by atoms with Crippen LogP contribution in [0.25, 0.3) is 15.9 Å². The number of aliphatic carboxylic acids is 1. The van der Waals surface area contributed by atoms with Crippen LogP contribution < -0.4 is 10.5 Å². The van der Waals surface area contributed by atoms with Gasteiger partial charge >= 0.3 is 11.6 Å². The Hall–Kier alpha value is -2.47. The van der Waals surface area contributed by atoms with Gasteiger partial charge in [-0.1, -0.05) is 12.7 Å². The molecule has 1 aromatic heterocycles. The second kappa shape index (κ2) is 7.83. The van der Waals surface area contributed by atoms with Crippen molar-refractivity contribution in [2.75, 3.05) is 24.2 Å². The number of allylic oxidation sites excluding steroid dienone is 2. The molecular formula is C20H21NO4S. The third-order valence-corrected chi connectivity index (χ3v) is 5.48. The molecule has 0 aliphatic carbocycles. The summed E-state index contributed by atoms with van der Waals surface area (Å²) in [5.74, 6) is -0.993. The second-order valence-corrected chi connectivity index (χ2v) is 7.09. The average Bonchev–Trinajstić information content (AvgIpc) is 2.65. The highest BCUT2D eigenvalue weighted by molar-refractivity contribution is 8.07. The van der Waals surface area contributed by atoms with E-state index in [1.165, 1.54) is 11.8 Å². The summed E-state index contributed by atoms with van der Waals surface area (Å²) in [5, 5.41) is 9.97. The predicted molar refractivity (Wildman–Crippen MR) is 107 cm³/mol. The van der Waals surface area contributed by atoms with Crippen molar-refractivity contribution in [3.8, 4) is 0 Å². The van der Waals surface area contributed by atoms with E-state index in [0.29, 0.717) is 37.1 Å². The van der Waals surface area contributed by atoms with Crippen LogP contribution in [0.5, 0.6) is 0 Å². The molecule has 1 aromatic carbocycles. The van der Waals surface area contributed by atoms with Crippen LogP contribution in [-0.4, -0.2) is 30.4 Å². The summed E-state index contributed by atoms with van der Waals surface area (Å²) in [5.41, 5.74) is 1.64. The lowest BCUT2D eigenvalue weighted by Gasteiger charge is -2.31. The van der Waals surface area contributed by atoms with Crippen molar-refractivity contribution in [3.05, 3.63) is 59.0 Å². The molecule has 3 rings (SSSR count). The highest BCUT2D eigenvalue weighted by Gasteiger charge is 2.24. The Morgan fingerprint density at radius 3 is 2.69 bits per heavy atom. The number of hydrogen-bond acceptors (Lipinski definition) is 5. The van der Waals surface area contributed by atoms with Crippen molar-refractivity contribution >= 4 is 39.3 Å². The number of benzene rings is 1. The van der Waals surface area contributed by atoms with Crippen LogP contribution in [0.3, 0.4) is 0 Å². The van der Waals surface area contributed by atoms with Gasteiger partial charge in [0.2, 0.25) is 0 Å². The Bertz CT molecular complexity index is 923. The number of nitrogens with zero attached hydrogens (tertiary/aromatic N) is 1. The van der Waals surface area contributed by atoms with E-state index in [0.717, 1.165) is 16.0 Å². The first-order chi connectivity index (χ1) is 12.5. The van der Waals surface area contributed by atoms with Crippen molar-refractivity contribution < 1.29 is 14.3 Å². The quantitative estimate of drug-likeness (QED) is 0.633. The molecule has 0 atom stereocenters. The average molecular weight is 371 g/mol. The first-order valence-electron chi connectivity index (χ1n) is 8.46. The van der Waals surface area contributed by atoms with Crippen LogP contribution in [0.2, 0.25) is 0 Å². The second-order valence-electron chi connectivity index (χ2n) is 6.24. The Kier molecular flexibility index (Phi) is 5.52. The molecule has 0 bridgehead atoms. The van der Waals surface area contributed by atoms with Gasteiger partial charge in [0.25, 0.3) is 0 Å². The molecule has 5 nitrogen and oxygen atoms in total. The van der Waals surface area contributed by atoms with Gasteiger partial charge in [-0.2, -0.15) is 0 Å². The maximum Gasteiger partial charge on any atom is 0.344 e. The molecule has 1 fully saturated rings. The standard InChI is InChI=1S/C20H21NO4S/c1-3-4-18(26-2)16-11-14-5-6-15(12-17(14)25-20(16)24)21-9-7-13(8-10-21)19(22)23/h3-6,11-13H,1,7-10H2,2H3,(H,22,23)/b18-4-. The number of carbonyl (C=O) groups is 1. The molecule has 1 aliphatic heterocycles. The van der Waals surface area contributed by atoms with Crippen LogP contribution in [0.15, 0.2) is 52.2 Å². The van der Waals surface area contributed by atoms with Crippen LogP contribution in [0.1, 0.15) is 18.4 Å². The smallest absolute Gasteiger partial charge is 0.344 e. The molecule has 2 aromatic rings. The predicted octanol–water partition coefficient (Wildman–Crippen LogP) is 3.98. The summed E-state index contributed by atoms with van der Waals surface area (Å²) in [6.45, 7) is 5.05. The van der Waals surface area contributed by atoms with Crippen LogP contribution in [-0.2, 0) is 4.79 Å². The number of thioether (sulfide) groups is 1. The SMILES string of the molecule is C=C/C=C(\SC)c1cc2ccc(N3CCC(C(=O)O)CC3)cc2oc1=O. The number of fused-ring (bicyclic) bond motifs is 1. The molecular weight excluding hydrogens is 350 g/mol. The number of hydrogen-bond donors (Lipinski definition) is 1. The lowest BCUT2D eigenvalue weighted by Crippen LogP contribution is -2.36. The molecule has 0 spiro atoms. The third-order valence-electron chi connectivity index (χ3n) is 4.68. The lowest BCUT2D eigenvalue weighted by molar-refractivity contribution is -0.142. The van der Waals surface area contributed by atoms with Gasteiger partial charge in [0.1, 0.15) is 5.58 Å². The van der Waals surface area contributed by atoms with Gasteiger partial charge in [-0.05, 0) is 43.4 Å². The lowest BCUT2D eigenvalue weighted by atomic mass is 9.96. The molecule has 0 saturated carbocycles. The van der Waals surface area contributed by atoms with Gasteiger partial charge in [0.15, 0.2) is 0 Å². The summed E-state index contributed by atoms with van der Waals surface area (Å²) >= 11 is 1.47. The van der Waals surface area contributed by atoms with E-state index in [9.17, 15) is 9.59 Å². The van der Waals surface area contributed by atoms with Crippen LogP contribution in [0, 0.1) is 5.92 Å². The maximum absolute atomic E-state index is 12.4. The minimum absolute atomic E-state index is 0.270. The van der Waals surface area contributed by atoms with Gasteiger partial charge in [0.05, 0.1) is 11.5 Å². The van der Waals surface area contributed by atoms with Crippen molar-refractivity contribution in [1.82, 2.24) is 0 Å². The summed E-state index contributed by atoms with van der Waals surface area (Å²) in [4.78, 5) is 26.4. The summed E-state index contributed by atoms with van der Waals surface area (Å²) < 4.78 is 5.55. The zero-order valence-corrected chi connectivity index (χ0v) is 15.4. The van der Waals surface area contributed by atoms with E-state index in [-0.39, 0.29) is 11.5 Å². The fraction of sp³-hybridized carbons (Fsp3) is 0.300. The van der Waals surface area contributed by atoms with Crippen LogP contribution >= 0.6 is 11.8 Å². The third kappa shape index (κ3) is 3.70. The number of anilines is 1. The molecule has 1 aliphatic rings. The van der Waals surface area contributed by atoms with Gasteiger partial charge in [-0.15, -0.1) is 11.8 Å². The highest BCUT2D eigenvalue weighted by Crippen LogP contribution is 2.29. The molecule has 0 radical (unpaired) electrons. The Labute approximate surface area is 156 Å². The van der Waals surface area contributed by atoms with E-state index in [4.69, 9.17) is 9.52 Å². The van der Waals surface area contributed by atoms with E-state index in [1.54, 1.807) is 12.2 Å². The minimum atomic E-state index is -0.723. The number of carboxylic acids is 1. The Morgan fingerprint density at radius 1 is 1.35 bits per heavy atom. The van der Waals surface area contributed by atoms with Crippen molar-refractivity contribution in [3.63, 3.8) is 0 Å². The highest BCUT2D eigenvalue weighted by atomic mass is 32.2. The van der Waals surface area contributed by atoms with E-state index in [1.807, 2.05) is 30.5 Å². The van der Waals surface area contributed by atoms with E-state index in [2.05, 4.69) is 11.5 Å². The zero-order valence-electron chi connectivity index (χ0n) is 14.6. The number of rotatable bonds is 5. The normalized spacial score (nSPS) is 16.0.